The summed E-state index contributed by atoms with van der Waals surface area (Å²) in [5.41, 5.74) is 0. The second kappa shape index (κ2) is 8.86. The van der Waals surface area contributed by atoms with Crippen LogP contribution < -0.4 is 5.32 Å². The molecular formula is C14H29NO3. The average Bonchev–Trinajstić information content (AvgIpc) is 2.51. The van der Waals surface area contributed by atoms with E-state index in [1.165, 1.54) is 6.42 Å². The molecule has 3 N–H and O–H groups in total. The number of rotatable bonds is 7. The number of aliphatic hydroxyl groups is 2. The quantitative estimate of drug-likeness (QED) is 0.603. The number of ether oxygens (including phenoxy) is 1. The third-order valence-corrected chi connectivity index (χ3v) is 3.36. The molecule has 0 spiro atoms. The van der Waals surface area contributed by atoms with Crippen molar-refractivity contribution in [3.8, 4) is 0 Å². The molecule has 0 radical (unpaired) electrons. The Bertz CT molecular complexity index is 211. The van der Waals surface area contributed by atoms with E-state index >= 15 is 0 Å². The van der Waals surface area contributed by atoms with Gasteiger partial charge in [-0.15, -0.1) is 0 Å². The maximum absolute atomic E-state index is 9.94. The Kier molecular flexibility index (Phi) is 7.82. The smallest absolute Gasteiger partial charge is 0.0897 e. The summed E-state index contributed by atoms with van der Waals surface area (Å²) in [4.78, 5) is 0. The summed E-state index contributed by atoms with van der Waals surface area (Å²) in [6.07, 6.45) is 4.59. The van der Waals surface area contributed by atoms with E-state index < -0.39 is 6.10 Å². The fourth-order valence-electron chi connectivity index (χ4n) is 2.31. The summed E-state index contributed by atoms with van der Waals surface area (Å²) in [6.45, 7) is 5.73. The van der Waals surface area contributed by atoms with E-state index in [-0.39, 0.29) is 12.1 Å². The van der Waals surface area contributed by atoms with Crippen LogP contribution in [0.25, 0.3) is 0 Å². The van der Waals surface area contributed by atoms with E-state index in [4.69, 9.17) is 4.74 Å². The highest BCUT2D eigenvalue weighted by atomic mass is 16.5. The maximum Gasteiger partial charge on any atom is 0.0897 e. The van der Waals surface area contributed by atoms with Crippen molar-refractivity contribution in [2.24, 2.45) is 5.92 Å². The molecule has 3 atom stereocenters. The minimum atomic E-state index is -0.487. The Morgan fingerprint density at radius 1 is 1.17 bits per heavy atom. The minimum Gasteiger partial charge on any atom is -0.392 e. The highest BCUT2D eigenvalue weighted by Gasteiger charge is 2.21. The lowest BCUT2D eigenvalue weighted by molar-refractivity contribution is 0.0211. The molecule has 0 aromatic rings. The Hall–Kier alpha value is -0.160. The molecule has 0 amide bonds. The summed E-state index contributed by atoms with van der Waals surface area (Å²) in [7, 11) is 0. The van der Waals surface area contributed by atoms with E-state index in [1.807, 2.05) is 0 Å². The summed E-state index contributed by atoms with van der Waals surface area (Å²) in [5.74, 6) is 0.494. The van der Waals surface area contributed by atoms with E-state index in [9.17, 15) is 10.2 Å². The lowest BCUT2D eigenvalue weighted by Gasteiger charge is -2.23. The van der Waals surface area contributed by atoms with Gasteiger partial charge in [0.2, 0.25) is 0 Å². The number of aliphatic hydroxyl groups excluding tert-OH is 2. The maximum atomic E-state index is 9.94. The standard InChI is InChI=1S/C14H29NO3/c1-11(2)9-18-10-12(16)8-15-13-6-4-3-5-7-14(13)17/h11-17H,3-10H2,1-2H3. The van der Waals surface area contributed by atoms with Gasteiger partial charge in [-0.2, -0.15) is 0 Å². The zero-order valence-electron chi connectivity index (χ0n) is 11.8. The summed E-state index contributed by atoms with van der Waals surface area (Å²) in [6, 6.07) is 0.132. The largest absolute Gasteiger partial charge is 0.392 e. The second-order valence-electron chi connectivity index (χ2n) is 5.81. The molecule has 0 saturated heterocycles. The minimum absolute atomic E-state index is 0.132. The van der Waals surface area contributed by atoms with Crippen LogP contribution in [-0.2, 0) is 4.74 Å². The van der Waals surface area contributed by atoms with Gasteiger partial charge >= 0.3 is 0 Å². The van der Waals surface area contributed by atoms with Crippen molar-refractivity contribution in [1.82, 2.24) is 5.32 Å². The Morgan fingerprint density at radius 2 is 1.89 bits per heavy atom. The molecular weight excluding hydrogens is 230 g/mol. The summed E-state index contributed by atoms with van der Waals surface area (Å²) < 4.78 is 5.40. The van der Waals surface area contributed by atoms with E-state index in [0.29, 0.717) is 25.7 Å². The lowest BCUT2D eigenvalue weighted by Crippen LogP contribution is -2.43. The van der Waals surface area contributed by atoms with Crippen LogP contribution in [0.3, 0.4) is 0 Å². The third-order valence-electron chi connectivity index (χ3n) is 3.36. The lowest BCUT2D eigenvalue weighted by atomic mass is 10.1. The van der Waals surface area contributed by atoms with Crippen LogP contribution in [0, 0.1) is 5.92 Å². The van der Waals surface area contributed by atoms with Crippen LogP contribution in [0.2, 0.25) is 0 Å². The predicted molar refractivity (Wildman–Crippen MR) is 72.5 cm³/mol. The average molecular weight is 259 g/mol. The Labute approximate surface area is 111 Å². The molecule has 0 heterocycles. The molecule has 0 bridgehead atoms. The fraction of sp³-hybridized carbons (Fsp3) is 1.00. The molecule has 1 saturated carbocycles. The molecule has 1 aliphatic carbocycles. The number of hydrogen-bond acceptors (Lipinski definition) is 4. The van der Waals surface area contributed by atoms with Gasteiger partial charge in [-0.1, -0.05) is 33.1 Å². The van der Waals surface area contributed by atoms with Gasteiger partial charge in [0, 0.05) is 19.2 Å². The molecule has 0 aliphatic heterocycles. The van der Waals surface area contributed by atoms with Gasteiger partial charge in [-0.05, 0) is 18.8 Å². The second-order valence-corrected chi connectivity index (χ2v) is 5.81. The van der Waals surface area contributed by atoms with Gasteiger partial charge in [0.15, 0.2) is 0 Å². The Balaban J connectivity index is 2.14. The first-order chi connectivity index (χ1) is 8.59. The van der Waals surface area contributed by atoms with Crippen LogP contribution in [0.1, 0.15) is 46.0 Å². The van der Waals surface area contributed by atoms with Crippen molar-refractivity contribution in [2.45, 2.75) is 64.2 Å². The Morgan fingerprint density at radius 3 is 2.61 bits per heavy atom. The number of hydrogen-bond donors (Lipinski definition) is 3. The molecule has 108 valence electrons. The monoisotopic (exact) mass is 259 g/mol. The van der Waals surface area contributed by atoms with Gasteiger partial charge in [-0.3, -0.25) is 0 Å². The predicted octanol–water partition coefficient (Wildman–Crippen LogP) is 1.30. The first kappa shape index (κ1) is 15.9. The van der Waals surface area contributed by atoms with E-state index in [1.54, 1.807) is 0 Å². The number of nitrogens with one attached hydrogen (secondary N) is 1. The molecule has 0 aromatic heterocycles. The molecule has 1 aliphatic rings. The van der Waals surface area contributed by atoms with Crippen molar-refractivity contribution >= 4 is 0 Å². The molecule has 1 rings (SSSR count). The van der Waals surface area contributed by atoms with Gasteiger partial charge in [0.05, 0.1) is 18.8 Å². The van der Waals surface area contributed by atoms with E-state index in [2.05, 4.69) is 19.2 Å². The first-order valence-corrected chi connectivity index (χ1v) is 7.27. The SMILES string of the molecule is CC(C)COCC(O)CNC1CCCCCC1O. The zero-order chi connectivity index (χ0) is 13.4. The first-order valence-electron chi connectivity index (χ1n) is 7.27. The highest BCUT2D eigenvalue weighted by molar-refractivity contribution is 4.79. The summed E-state index contributed by atoms with van der Waals surface area (Å²) >= 11 is 0. The van der Waals surface area contributed by atoms with Gasteiger partial charge in [0.25, 0.3) is 0 Å². The normalized spacial score (nSPS) is 27.2. The van der Waals surface area contributed by atoms with Crippen molar-refractivity contribution in [3.05, 3.63) is 0 Å². The van der Waals surface area contributed by atoms with Gasteiger partial charge in [-0.25, -0.2) is 0 Å². The molecule has 4 nitrogen and oxygen atoms in total. The third kappa shape index (κ3) is 6.69. The molecule has 4 heteroatoms. The highest BCUT2D eigenvalue weighted by Crippen LogP contribution is 2.17. The van der Waals surface area contributed by atoms with Crippen LogP contribution in [0.15, 0.2) is 0 Å². The van der Waals surface area contributed by atoms with Crippen molar-refractivity contribution in [2.75, 3.05) is 19.8 Å². The van der Waals surface area contributed by atoms with Crippen LogP contribution in [0.4, 0.5) is 0 Å². The summed E-state index contributed by atoms with van der Waals surface area (Å²) in [5, 5.41) is 23.0. The van der Waals surface area contributed by atoms with Crippen LogP contribution >= 0.6 is 0 Å². The molecule has 18 heavy (non-hydrogen) atoms. The fourth-order valence-corrected chi connectivity index (χ4v) is 2.31. The van der Waals surface area contributed by atoms with Crippen LogP contribution in [-0.4, -0.2) is 48.2 Å². The van der Waals surface area contributed by atoms with Gasteiger partial charge in [0.1, 0.15) is 0 Å². The van der Waals surface area contributed by atoms with Gasteiger partial charge < -0.3 is 20.3 Å². The molecule has 0 aromatic carbocycles. The topological polar surface area (TPSA) is 61.7 Å². The van der Waals surface area contributed by atoms with E-state index in [0.717, 1.165) is 25.7 Å². The van der Waals surface area contributed by atoms with Crippen molar-refractivity contribution in [1.29, 1.82) is 0 Å². The van der Waals surface area contributed by atoms with Crippen molar-refractivity contribution < 1.29 is 14.9 Å². The van der Waals surface area contributed by atoms with Crippen molar-refractivity contribution in [3.63, 3.8) is 0 Å². The van der Waals surface area contributed by atoms with Crippen LogP contribution in [0.5, 0.6) is 0 Å². The molecule has 3 unspecified atom stereocenters. The zero-order valence-corrected chi connectivity index (χ0v) is 11.8. The molecule has 1 fully saturated rings.